The highest BCUT2D eigenvalue weighted by Gasteiger charge is 2.21. The smallest absolute Gasteiger partial charge is 0.160 e. The fraction of sp³-hybridized carbons (Fsp3) is 0.407. The van der Waals surface area contributed by atoms with Gasteiger partial charge >= 0.3 is 0 Å². The van der Waals surface area contributed by atoms with Crippen LogP contribution in [0.3, 0.4) is 0 Å². The maximum absolute atomic E-state index is 14.4. The van der Waals surface area contributed by atoms with Gasteiger partial charge in [-0.05, 0) is 48.6 Å². The second-order valence-corrected chi connectivity index (χ2v) is 9.61. The average molecular weight is 501 g/mol. The second kappa shape index (κ2) is 10.6. The van der Waals surface area contributed by atoms with Crippen molar-refractivity contribution >= 4 is 21.8 Å². The number of fused-ring (bicyclic) bond motifs is 2. The molecule has 3 N–H and O–H groups in total. The number of likely N-dealkylation sites (tertiary alicyclic amines) is 1. The highest BCUT2D eigenvalue weighted by atomic mass is 19.2. The summed E-state index contributed by atoms with van der Waals surface area (Å²) in [6.45, 7) is 3.41. The van der Waals surface area contributed by atoms with Gasteiger partial charge in [0.05, 0.1) is 24.9 Å². The van der Waals surface area contributed by atoms with E-state index in [1.807, 2.05) is 27.9 Å². The van der Waals surface area contributed by atoms with Crippen molar-refractivity contribution < 1.29 is 23.4 Å². The van der Waals surface area contributed by atoms with E-state index in [9.17, 15) is 23.4 Å². The van der Waals surface area contributed by atoms with E-state index in [2.05, 4.69) is 9.88 Å². The van der Waals surface area contributed by atoms with Crippen molar-refractivity contribution in [2.45, 2.75) is 32.0 Å². The van der Waals surface area contributed by atoms with Crippen LogP contribution in [0.1, 0.15) is 17.5 Å². The maximum atomic E-state index is 14.4. The summed E-state index contributed by atoms with van der Waals surface area (Å²) in [5, 5.41) is 20.7. The molecule has 1 atom stereocenters. The van der Waals surface area contributed by atoms with Crippen LogP contribution in [-0.4, -0.2) is 75.0 Å². The van der Waals surface area contributed by atoms with Crippen LogP contribution in [0.4, 0.5) is 13.2 Å². The summed E-state index contributed by atoms with van der Waals surface area (Å²) < 4.78 is 44.6. The van der Waals surface area contributed by atoms with Crippen LogP contribution in [-0.2, 0) is 19.5 Å². The van der Waals surface area contributed by atoms with Crippen molar-refractivity contribution in [1.29, 1.82) is 0 Å². The minimum absolute atomic E-state index is 0.0609. The Hall–Kier alpha value is -2.85. The molecule has 0 radical (unpaired) electrons. The van der Waals surface area contributed by atoms with Gasteiger partial charge in [-0.2, -0.15) is 0 Å². The summed E-state index contributed by atoms with van der Waals surface area (Å²) >= 11 is 0. The van der Waals surface area contributed by atoms with Crippen LogP contribution < -0.4 is 0 Å². The van der Waals surface area contributed by atoms with Gasteiger partial charge in [0.15, 0.2) is 11.6 Å². The zero-order valence-electron chi connectivity index (χ0n) is 20.1. The maximum Gasteiger partial charge on any atom is 0.160 e. The van der Waals surface area contributed by atoms with Gasteiger partial charge in [0, 0.05) is 67.5 Å². The van der Waals surface area contributed by atoms with E-state index in [0.717, 1.165) is 36.2 Å². The molecular formula is C27H31F3N4O2. The number of H-pyrrole nitrogens is 1. The van der Waals surface area contributed by atoms with Crippen molar-refractivity contribution in [3.05, 3.63) is 71.3 Å². The first kappa shape index (κ1) is 24.8. The number of nitrogens with one attached hydrogen (secondary N) is 1. The van der Waals surface area contributed by atoms with E-state index in [1.54, 1.807) is 6.07 Å². The zero-order chi connectivity index (χ0) is 25.2. The van der Waals surface area contributed by atoms with E-state index in [1.165, 1.54) is 18.2 Å². The Balaban J connectivity index is 1.36. The lowest BCUT2D eigenvalue weighted by Gasteiger charge is -2.22. The Morgan fingerprint density at radius 2 is 1.86 bits per heavy atom. The molecule has 1 aliphatic rings. The standard InChI is InChI=1S/C27H31F3N4O2/c28-22-2-1-3-25-27(22)18(14-31-25)4-8-33(10-11-35)17-34-15-19(5-7-32-9-6-20(36)16-32)21-12-23(29)24(30)13-26(21)34/h1-3,12-15,20,31,35-36H,4-11,16-17H2. The Bertz CT molecular complexity index is 1350. The molecule has 5 rings (SSSR count). The van der Waals surface area contributed by atoms with Gasteiger partial charge in [-0.1, -0.05) is 6.07 Å². The first-order valence-electron chi connectivity index (χ1n) is 12.4. The number of aliphatic hydroxyl groups excluding tert-OH is 2. The Kier molecular flexibility index (Phi) is 7.34. The number of hydrogen-bond acceptors (Lipinski definition) is 4. The molecule has 0 bridgehead atoms. The third-order valence-electron chi connectivity index (χ3n) is 7.15. The van der Waals surface area contributed by atoms with E-state index in [-0.39, 0.29) is 18.5 Å². The van der Waals surface area contributed by atoms with Crippen LogP contribution >= 0.6 is 0 Å². The van der Waals surface area contributed by atoms with Gasteiger partial charge in [0.2, 0.25) is 0 Å². The monoisotopic (exact) mass is 500 g/mol. The number of aromatic nitrogens is 2. The van der Waals surface area contributed by atoms with E-state index in [0.29, 0.717) is 55.4 Å². The second-order valence-electron chi connectivity index (χ2n) is 9.61. The molecule has 0 spiro atoms. The first-order valence-corrected chi connectivity index (χ1v) is 12.4. The third kappa shape index (κ3) is 5.15. The molecule has 3 heterocycles. The molecule has 9 heteroatoms. The quantitative estimate of drug-likeness (QED) is 0.311. The summed E-state index contributed by atoms with van der Waals surface area (Å²) in [7, 11) is 0. The molecule has 1 fully saturated rings. The fourth-order valence-corrected chi connectivity index (χ4v) is 5.26. The molecule has 4 aromatic rings. The van der Waals surface area contributed by atoms with Crippen molar-refractivity contribution in [2.24, 2.45) is 0 Å². The largest absolute Gasteiger partial charge is 0.395 e. The number of hydrogen-bond donors (Lipinski definition) is 3. The van der Waals surface area contributed by atoms with Crippen LogP contribution in [0.2, 0.25) is 0 Å². The summed E-state index contributed by atoms with van der Waals surface area (Å²) in [4.78, 5) is 7.29. The number of halogens is 3. The molecule has 1 unspecified atom stereocenters. The van der Waals surface area contributed by atoms with Crippen LogP contribution in [0.15, 0.2) is 42.7 Å². The van der Waals surface area contributed by atoms with E-state index >= 15 is 0 Å². The van der Waals surface area contributed by atoms with Crippen molar-refractivity contribution in [3.63, 3.8) is 0 Å². The molecule has 0 saturated carbocycles. The number of β-amino-alcohol motifs (C(OH)–C–C–N with tert-alkyl or cyclic N) is 1. The van der Waals surface area contributed by atoms with Gasteiger partial charge in [0.25, 0.3) is 0 Å². The number of aromatic amines is 1. The lowest BCUT2D eigenvalue weighted by atomic mass is 10.1. The average Bonchev–Trinajstić information content (AvgIpc) is 3.55. The summed E-state index contributed by atoms with van der Waals surface area (Å²) in [6.07, 6.45) is 5.38. The van der Waals surface area contributed by atoms with Crippen molar-refractivity contribution in [3.8, 4) is 0 Å². The normalized spacial score (nSPS) is 16.8. The number of rotatable bonds is 10. The SMILES string of the molecule is OCCN(CCc1c[nH]c2cccc(F)c12)Cn1cc(CCN2CCC(O)C2)c2cc(F)c(F)cc21. The summed E-state index contributed by atoms with van der Waals surface area (Å²) in [5.74, 6) is -2.06. The topological polar surface area (TPSA) is 67.7 Å². The Morgan fingerprint density at radius 3 is 2.64 bits per heavy atom. The minimum atomic E-state index is -0.904. The number of aliphatic hydroxyl groups is 2. The number of nitrogens with zero attached hydrogens (tertiary/aromatic N) is 3. The van der Waals surface area contributed by atoms with Crippen LogP contribution in [0.25, 0.3) is 21.8 Å². The van der Waals surface area contributed by atoms with Gasteiger partial charge in [-0.3, -0.25) is 4.90 Å². The predicted molar refractivity (Wildman–Crippen MR) is 133 cm³/mol. The molecule has 6 nitrogen and oxygen atoms in total. The molecule has 2 aromatic carbocycles. The van der Waals surface area contributed by atoms with Crippen molar-refractivity contribution in [2.75, 3.05) is 39.3 Å². The Labute approximate surface area is 207 Å². The van der Waals surface area contributed by atoms with Gasteiger partial charge in [-0.25, -0.2) is 13.2 Å². The van der Waals surface area contributed by atoms with E-state index < -0.39 is 11.6 Å². The zero-order valence-corrected chi connectivity index (χ0v) is 20.1. The van der Waals surface area contributed by atoms with Gasteiger partial charge in [0.1, 0.15) is 5.82 Å². The van der Waals surface area contributed by atoms with Gasteiger partial charge < -0.3 is 24.7 Å². The third-order valence-corrected chi connectivity index (χ3v) is 7.15. The van der Waals surface area contributed by atoms with Crippen LogP contribution in [0, 0.1) is 17.5 Å². The molecule has 2 aromatic heterocycles. The number of benzene rings is 2. The highest BCUT2D eigenvalue weighted by Crippen LogP contribution is 2.27. The summed E-state index contributed by atoms with van der Waals surface area (Å²) in [5.41, 5.74) is 3.09. The first-order chi connectivity index (χ1) is 17.4. The molecule has 192 valence electrons. The fourth-order valence-electron chi connectivity index (χ4n) is 5.26. The molecule has 1 aliphatic heterocycles. The molecule has 0 amide bonds. The molecule has 0 aliphatic carbocycles. The predicted octanol–water partition coefficient (Wildman–Crippen LogP) is 3.64. The van der Waals surface area contributed by atoms with Gasteiger partial charge in [-0.15, -0.1) is 0 Å². The lowest BCUT2D eigenvalue weighted by Crippen LogP contribution is -2.31. The molecule has 36 heavy (non-hydrogen) atoms. The van der Waals surface area contributed by atoms with Crippen LogP contribution in [0.5, 0.6) is 0 Å². The summed E-state index contributed by atoms with van der Waals surface area (Å²) in [6, 6.07) is 7.41. The van der Waals surface area contributed by atoms with Crippen molar-refractivity contribution in [1.82, 2.24) is 19.4 Å². The lowest BCUT2D eigenvalue weighted by molar-refractivity contribution is 0.167. The highest BCUT2D eigenvalue weighted by molar-refractivity contribution is 5.84. The van der Waals surface area contributed by atoms with E-state index in [4.69, 9.17) is 0 Å². The molecule has 1 saturated heterocycles. The minimum Gasteiger partial charge on any atom is -0.395 e. The Morgan fingerprint density at radius 1 is 1.03 bits per heavy atom. The molecular weight excluding hydrogens is 469 g/mol.